The fraction of sp³-hybridized carbons (Fsp3) is 0.222. The SMILES string of the molecule is CCc1c(OCc2ccc(Oc3cnc(C(F)(F)F)nc3)cc2)cc2n(c1=O)CCc1cc(F)ccc1-2. The van der Waals surface area contributed by atoms with E-state index < -0.39 is 12.0 Å². The Kier molecular flexibility index (Phi) is 6.41. The van der Waals surface area contributed by atoms with E-state index in [9.17, 15) is 22.4 Å². The molecular formula is C27H21F4N3O3. The Morgan fingerprint density at radius 1 is 1.00 bits per heavy atom. The predicted octanol–water partition coefficient (Wildman–Crippen LogP) is 5.95. The molecule has 0 aliphatic carbocycles. The standard InChI is InChI=1S/C27H21F4N3O3/c1-2-21-24(12-23-22-8-5-18(28)11-17(22)9-10-34(23)25(21)35)36-15-16-3-6-19(7-4-16)37-20-13-32-26(33-14-20)27(29,30)31/h3-8,11-14H,2,9-10,15H2,1H3. The summed E-state index contributed by atoms with van der Waals surface area (Å²) in [5.41, 5.74) is 3.60. The van der Waals surface area contributed by atoms with E-state index in [1.54, 1.807) is 34.9 Å². The van der Waals surface area contributed by atoms with Gasteiger partial charge in [-0.15, -0.1) is 0 Å². The van der Waals surface area contributed by atoms with Gasteiger partial charge in [-0.1, -0.05) is 19.1 Å². The second-order valence-corrected chi connectivity index (χ2v) is 8.51. The van der Waals surface area contributed by atoms with Crippen molar-refractivity contribution in [1.82, 2.24) is 14.5 Å². The van der Waals surface area contributed by atoms with Crippen molar-refractivity contribution in [2.75, 3.05) is 0 Å². The van der Waals surface area contributed by atoms with E-state index in [2.05, 4.69) is 9.97 Å². The highest BCUT2D eigenvalue weighted by atomic mass is 19.4. The summed E-state index contributed by atoms with van der Waals surface area (Å²) >= 11 is 0. The Morgan fingerprint density at radius 3 is 2.41 bits per heavy atom. The molecule has 1 aliphatic heterocycles. The number of nitrogens with zero attached hydrogens (tertiary/aromatic N) is 3. The largest absolute Gasteiger partial charge is 0.488 e. The summed E-state index contributed by atoms with van der Waals surface area (Å²) in [6.07, 6.45) is -1.63. The van der Waals surface area contributed by atoms with Crippen LogP contribution in [-0.4, -0.2) is 14.5 Å². The van der Waals surface area contributed by atoms with Crippen LogP contribution in [0.25, 0.3) is 11.3 Å². The van der Waals surface area contributed by atoms with Gasteiger partial charge in [-0.3, -0.25) is 4.79 Å². The maximum atomic E-state index is 13.7. The second kappa shape index (κ2) is 9.68. The zero-order valence-corrected chi connectivity index (χ0v) is 19.7. The average Bonchev–Trinajstić information content (AvgIpc) is 2.88. The van der Waals surface area contributed by atoms with Crippen LogP contribution in [0.15, 0.2) is 65.7 Å². The molecule has 2 aromatic carbocycles. The first-order valence-electron chi connectivity index (χ1n) is 11.6. The quantitative estimate of drug-likeness (QED) is 0.299. The van der Waals surface area contributed by atoms with E-state index in [4.69, 9.17) is 9.47 Å². The molecule has 0 radical (unpaired) electrons. The molecule has 5 rings (SSSR count). The lowest BCUT2D eigenvalue weighted by molar-refractivity contribution is -0.145. The van der Waals surface area contributed by atoms with Gasteiger partial charge in [-0.05, 0) is 54.3 Å². The number of alkyl halides is 3. The molecule has 190 valence electrons. The van der Waals surface area contributed by atoms with Crippen LogP contribution in [0.5, 0.6) is 17.2 Å². The highest BCUT2D eigenvalue weighted by Gasteiger charge is 2.34. The van der Waals surface area contributed by atoms with Crippen LogP contribution < -0.4 is 15.0 Å². The number of hydrogen-bond donors (Lipinski definition) is 0. The smallest absolute Gasteiger partial charge is 0.451 e. The molecule has 6 nitrogen and oxygen atoms in total. The summed E-state index contributed by atoms with van der Waals surface area (Å²) in [5.74, 6) is -0.625. The average molecular weight is 511 g/mol. The molecule has 0 fully saturated rings. The minimum atomic E-state index is -4.62. The van der Waals surface area contributed by atoms with Crippen molar-refractivity contribution in [1.29, 1.82) is 0 Å². The second-order valence-electron chi connectivity index (χ2n) is 8.51. The van der Waals surface area contributed by atoms with Crippen molar-refractivity contribution in [3.63, 3.8) is 0 Å². The number of rotatable bonds is 6. The number of halogens is 4. The summed E-state index contributed by atoms with van der Waals surface area (Å²) in [4.78, 5) is 19.7. The van der Waals surface area contributed by atoms with Crippen molar-refractivity contribution in [2.45, 2.75) is 39.1 Å². The molecule has 1 aliphatic rings. The number of ether oxygens (including phenoxy) is 2. The molecule has 2 aromatic heterocycles. The third kappa shape index (κ3) is 5.04. The lowest BCUT2D eigenvalue weighted by Crippen LogP contribution is -2.29. The van der Waals surface area contributed by atoms with Gasteiger partial charge >= 0.3 is 6.18 Å². The molecule has 4 aromatic rings. The summed E-state index contributed by atoms with van der Waals surface area (Å²) in [6.45, 7) is 2.54. The van der Waals surface area contributed by atoms with Gasteiger partial charge in [0.1, 0.15) is 23.9 Å². The Morgan fingerprint density at radius 2 is 1.73 bits per heavy atom. The summed E-state index contributed by atoms with van der Waals surface area (Å²) in [6, 6.07) is 13.2. The monoisotopic (exact) mass is 511 g/mol. The predicted molar refractivity (Wildman–Crippen MR) is 127 cm³/mol. The van der Waals surface area contributed by atoms with Gasteiger partial charge < -0.3 is 14.0 Å². The minimum Gasteiger partial charge on any atom is -0.488 e. The molecule has 10 heteroatoms. The Balaban J connectivity index is 1.32. The van der Waals surface area contributed by atoms with Crippen molar-refractivity contribution < 1.29 is 27.0 Å². The van der Waals surface area contributed by atoms with E-state index in [1.165, 1.54) is 12.1 Å². The maximum Gasteiger partial charge on any atom is 0.451 e. The van der Waals surface area contributed by atoms with Crippen molar-refractivity contribution in [2.24, 2.45) is 0 Å². The molecule has 0 amide bonds. The Labute approximate surface area is 209 Å². The summed E-state index contributed by atoms with van der Waals surface area (Å²) in [7, 11) is 0. The summed E-state index contributed by atoms with van der Waals surface area (Å²) < 4.78 is 64.8. The molecular weight excluding hydrogens is 490 g/mol. The van der Waals surface area contributed by atoms with Gasteiger partial charge in [0.05, 0.1) is 23.7 Å². The lowest BCUT2D eigenvalue weighted by atomic mass is 9.96. The normalized spacial score (nSPS) is 12.6. The number of benzene rings is 2. The van der Waals surface area contributed by atoms with Gasteiger partial charge in [0.2, 0.25) is 5.82 Å². The first-order valence-corrected chi connectivity index (χ1v) is 11.6. The molecule has 37 heavy (non-hydrogen) atoms. The zero-order valence-electron chi connectivity index (χ0n) is 19.7. The van der Waals surface area contributed by atoms with Crippen LogP contribution in [0.1, 0.15) is 29.4 Å². The van der Waals surface area contributed by atoms with Crippen LogP contribution in [0.2, 0.25) is 0 Å². The van der Waals surface area contributed by atoms with E-state index in [0.717, 1.165) is 29.1 Å². The molecule has 0 saturated heterocycles. The van der Waals surface area contributed by atoms with Gasteiger partial charge in [-0.25, -0.2) is 14.4 Å². The first-order chi connectivity index (χ1) is 17.7. The van der Waals surface area contributed by atoms with Crippen LogP contribution >= 0.6 is 0 Å². The van der Waals surface area contributed by atoms with E-state index >= 15 is 0 Å². The van der Waals surface area contributed by atoms with Crippen LogP contribution in [0.3, 0.4) is 0 Å². The maximum absolute atomic E-state index is 13.7. The Hall–Kier alpha value is -4.21. The number of aromatic nitrogens is 3. The van der Waals surface area contributed by atoms with E-state index in [0.29, 0.717) is 42.1 Å². The molecule has 0 bridgehead atoms. The molecule has 0 spiro atoms. The number of hydrogen-bond acceptors (Lipinski definition) is 5. The number of aryl methyl sites for hydroxylation is 1. The summed E-state index contributed by atoms with van der Waals surface area (Å²) in [5, 5.41) is 0. The fourth-order valence-corrected chi connectivity index (χ4v) is 4.28. The van der Waals surface area contributed by atoms with E-state index in [-0.39, 0.29) is 23.7 Å². The molecule has 3 heterocycles. The molecule has 0 unspecified atom stereocenters. The van der Waals surface area contributed by atoms with Crippen molar-refractivity contribution in [3.05, 3.63) is 99.6 Å². The van der Waals surface area contributed by atoms with Crippen LogP contribution in [0.4, 0.5) is 17.6 Å². The third-order valence-corrected chi connectivity index (χ3v) is 6.10. The van der Waals surface area contributed by atoms with Crippen molar-refractivity contribution >= 4 is 0 Å². The fourth-order valence-electron chi connectivity index (χ4n) is 4.28. The highest BCUT2D eigenvalue weighted by Crippen LogP contribution is 2.33. The first kappa shape index (κ1) is 24.5. The van der Waals surface area contributed by atoms with Crippen LogP contribution in [-0.2, 0) is 32.2 Å². The highest BCUT2D eigenvalue weighted by molar-refractivity contribution is 5.67. The number of pyridine rings is 1. The molecule has 0 atom stereocenters. The van der Waals surface area contributed by atoms with Crippen molar-refractivity contribution in [3.8, 4) is 28.5 Å². The number of fused-ring (bicyclic) bond motifs is 3. The minimum absolute atomic E-state index is 0.0688. The van der Waals surface area contributed by atoms with Gasteiger partial charge in [-0.2, -0.15) is 13.2 Å². The molecule has 0 saturated carbocycles. The van der Waals surface area contributed by atoms with E-state index in [1.807, 2.05) is 13.0 Å². The lowest BCUT2D eigenvalue weighted by Gasteiger charge is -2.24. The third-order valence-electron chi connectivity index (χ3n) is 6.10. The zero-order chi connectivity index (χ0) is 26.2. The van der Waals surface area contributed by atoms with Gasteiger partial charge in [0, 0.05) is 18.2 Å². The van der Waals surface area contributed by atoms with Crippen LogP contribution in [0, 0.1) is 5.82 Å². The molecule has 0 N–H and O–H groups in total. The van der Waals surface area contributed by atoms with Gasteiger partial charge in [0.15, 0.2) is 5.75 Å². The topological polar surface area (TPSA) is 66.2 Å². The van der Waals surface area contributed by atoms with Gasteiger partial charge in [0.25, 0.3) is 5.56 Å². The Bertz CT molecular complexity index is 1500.